The second kappa shape index (κ2) is 5.15. The summed E-state index contributed by atoms with van der Waals surface area (Å²) in [5, 5.41) is 0. The first-order valence-electron chi connectivity index (χ1n) is 4.56. The van der Waals surface area contributed by atoms with Crippen molar-refractivity contribution in [2.24, 2.45) is 0 Å². The largest absolute Gasteiger partial charge is 0.426 e. The fraction of sp³-hybridized carbons (Fsp3) is 0.364. The molecule has 76 valence electrons. The molecule has 0 unspecified atom stereocenters. The Kier molecular flexibility index (Phi) is 4.14. The maximum Gasteiger partial charge on any atom is 0.325 e. The Morgan fingerprint density at radius 3 is 2.50 bits per heavy atom. The number of rotatable bonds is 3. The molecule has 0 N–H and O–H groups in total. The van der Waals surface area contributed by atoms with Crippen LogP contribution in [-0.4, -0.2) is 10.8 Å². The lowest BCUT2D eigenvalue weighted by Gasteiger charge is -2.07. The first-order valence-corrected chi connectivity index (χ1v) is 5.47. The predicted molar refractivity (Wildman–Crippen MR) is 59.8 cm³/mol. The van der Waals surface area contributed by atoms with Gasteiger partial charge in [0.1, 0.15) is 10.6 Å². The zero-order valence-corrected chi connectivity index (χ0v) is 9.87. The number of halogens is 1. The Balaban J connectivity index is 2.60. The van der Waals surface area contributed by atoms with Crippen molar-refractivity contribution in [1.29, 1.82) is 0 Å². The van der Waals surface area contributed by atoms with Crippen molar-refractivity contribution < 1.29 is 9.53 Å². The van der Waals surface area contributed by atoms with Gasteiger partial charge in [-0.15, -0.1) is 0 Å². The van der Waals surface area contributed by atoms with Gasteiger partial charge in [-0.1, -0.05) is 40.5 Å². The first kappa shape index (κ1) is 11.2. The molecule has 0 aliphatic heterocycles. The number of alkyl halides is 1. The van der Waals surface area contributed by atoms with Gasteiger partial charge in [0, 0.05) is 0 Å². The molecule has 1 rings (SSSR count). The van der Waals surface area contributed by atoms with E-state index in [-0.39, 0.29) is 10.8 Å². The van der Waals surface area contributed by atoms with Gasteiger partial charge in [-0.2, -0.15) is 0 Å². The summed E-state index contributed by atoms with van der Waals surface area (Å²) in [4.78, 5) is 11.1. The predicted octanol–water partition coefficient (Wildman–Crippen LogP) is 3.07. The molecule has 14 heavy (non-hydrogen) atoms. The van der Waals surface area contributed by atoms with Gasteiger partial charge in [0.05, 0.1) is 0 Å². The standard InChI is InChI=1S/C11H13BrO2/c1-3-10(12)11(13)14-9-6-4-8(2)5-7-9/h4-7,10H,3H2,1-2H3/t10-/m1/s1. The average molecular weight is 257 g/mol. The minimum Gasteiger partial charge on any atom is -0.426 e. The van der Waals surface area contributed by atoms with Crippen LogP contribution in [0.5, 0.6) is 5.75 Å². The fourth-order valence-electron chi connectivity index (χ4n) is 0.953. The number of carbonyl (C=O) groups excluding carboxylic acids is 1. The second-order valence-corrected chi connectivity index (χ2v) is 4.22. The molecular formula is C11H13BrO2. The quantitative estimate of drug-likeness (QED) is 0.472. The monoisotopic (exact) mass is 256 g/mol. The Morgan fingerprint density at radius 2 is 2.00 bits per heavy atom. The van der Waals surface area contributed by atoms with Crippen LogP contribution in [0.15, 0.2) is 24.3 Å². The van der Waals surface area contributed by atoms with E-state index >= 15 is 0 Å². The zero-order chi connectivity index (χ0) is 10.6. The van der Waals surface area contributed by atoms with Gasteiger partial charge in [-0.25, -0.2) is 0 Å². The van der Waals surface area contributed by atoms with Crippen molar-refractivity contribution >= 4 is 21.9 Å². The van der Waals surface area contributed by atoms with E-state index in [2.05, 4.69) is 15.9 Å². The molecule has 0 fully saturated rings. The second-order valence-electron chi connectivity index (χ2n) is 3.11. The Hall–Kier alpha value is -0.830. The van der Waals surface area contributed by atoms with Gasteiger partial charge in [0.25, 0.3) is 0 Å². The minimum absolute atomic E-state index is 0.219. The highest BCUT2D eigenvalue weighted by atomic mass is 79.9. The summed E-state index contributed by atoms with van der Waals surface area (Å²) in [6.45, 7) is 3.92. The number of aryl methyl sites for hydroxylation is 1. The smallest absolute Gasteiger partial charge is 0.325 e. The lowest BCUT2D eigenvalue weighted by Crippen LogP contribution is -2.19. The van der Waals surface area contributed by atoms with Crippen LogP contribution in [0.25, 0.3) is 0 Å². The van der Waals surface area contributed by atoms with Gasteiger partial charge in [0.2, 0.25) is 0 Å². The van der Waals surface area contributed by atoms with Crippen molar-refractivity contribution in [2.75, 3.05) is 0 Å². The summed E-state index contributed by atoms with van der Waals surface area (Å²) < 4.78 is 5.14. The summed E-state index contributed by atoms with van der Waals surface area (Å²) in [6.07, 6.45) is 0.727. The molecular weight excluding hydrogens is 244 g/mol. The minimum atomic E-state index is -0.239. The molecule has 3 heteroatoms. The van der Waals surface area contributed by atoms with Crippen LogP contribution in [0.2, 0.25) is 0 Å². The van der Waals surface area contributed by atoms with Crippen LogP contribution in [0.3, 0.4) is 0 Å². The highest BCUT2D eigenvalue weighted by Crippen LogP contribution is 2.14. The molecule has 0 heterocycles. The van der Waals surface area contributed by atoms with Crippen LogP contribution in [-0.2, 0) is 4.79 Å². The molecule has 0 aliphatic carbocycles. The van der Waals surface area contributed by atoms with Crippen molar-refractivity contribution in [3.8, 4) is 5.75 Å². The fourth-order valence-corrected chi connectivity index (χ4v) is 1.05. The zero-order valence-electron chi connectivity index (χ0n) is 8.29. The van der Waals surface area contributed by atoms with Crippen LogP contribution < -0.4 is 4.74 Å². The third-order valence-corrected chi connectivity index (χ3v) is 2.87. The molecule has 0 saturated carbocycles. The van der Waals surface area contributed by atoms with Gasteiger partial charge in [-0.05, 0) is 25.5 Å². The van der Waals surface area contributed by atoms with Gasteiger partial charge in [0.15, 0.2) is 0 Å². The van der Waals surface area contributed by atoms with E-state index in [0.29, 0.717) is 5.75 Å². The average Bonchev–Trinajstić information content (AvgIpc) is 2.20. The van der Waals surface area contributed by atoms with Crippen molar-refractivity contribution in [3.63, 3.8) is 0 Å². The lowest BCUT2D eigenvalue weighted by atomic mass is 10.2. The highest BCUT2D eigenvalue weighted by molar-refractivity contribution is 9.10. The van der Waals surface area contributed by atoms with Crippen molar-refractivity contribution in [1.82, 2.24) is 0 Å². The van der Waals surface area contributed by atoms with E-state index in [1.807, 2.05) is 26.0 Å². The Morgan fingerprint density at radius 1 is 1.43 bits per heavy atom. The van der Waals surface area contributed by atoms with Crippen molar-refractivity contribution in [3.05, 3.63) is 29.8 Å². The maximum absolute atomic E-state index is 11.4. The summed E-state index contributed by atoms with van der Waals surface area (Å²) in [5.41, 5.74) is 1.15. The van der Waals surface area contributed by atoms with Gasteiger partial charge in [-0.3, -0.25) is 4.79 Å². The molecule has 0 amide bonds. The molecule has 0 saturated heterocycles. The highest BCUT2D eigenvalue weighted by Gasteiger charge is 2.14. The molecule has 1 aromatic carbocycles. The molecule has 0 bridgehead atoms. The van der Waals surface area contributed by atoms with E-state index in [1.54, 1.807) is 12.1 Å². The third-order valence-electron chi connectivity index (χ3n) is 1.85. The van der Waals surface area contributed by atoms with E-state index in [9.17, 15) is 4.79 Å². The van der Waals surface area contributed by atoms with Crippen LogP contribution in [0, 0.1) is 6.92 Å². The molecule has 0 aromatic heterocycles. The van der Waals surface area contributed by atoms with E-state index in [1.165, 1.54) is 0 Å². The molecule has 1 atom stereocenters. The number of benzene rings is 1. The molecule has 0 aliphatic rings. The van der Waals surface area contributed by atoms with E-state index < -0.39 is 0 Å². The van der Waals surface area contributed by atoms with Crippen LogP contribution >= 0.6 is 15.9 Å². The van der Waals surface area contributed by atoms with Gasteiger partial charge < -0.3 is 4.74 Å². The van der Waals surface area contributed by atoms with E-state index in [4.69, 9.17) is 4.74 Å². The molecule has 0 spiro atoms. The first-order chi connectivity index (χ1) is 6.63. The van der Waals surface area contributed by atoms with Gasteiger partial charge >= 0.3 is 5.97 Å². The van der Waals surface area contributed by atoms with Crippen molar-refractivity contribution in [2.45, 2.75) is 25.1 Å². The summed E-state index contributed by atoms with van der Waals surface area (Å²) in [5.74, 6) is 0.356. The third kappa shape index (κ3) is 3.14. The molecule has 0 radical (unpaired) electrons. The maximum atomic E-state index is 11.4. The molecule has 2 nitrogen and oxygen atoms in total. The number of esters is 1. The summed E-state index contributed by atoms with van der Waals surface area (Å²) in [6, 6.07) is 7.42. The summed E-state index contributed by atoms with van der Waals surface area (Å²) >= 11 is 3.24. The topological polar surface area (TPSA) is 26.3 Å². The number of carbonyl (C=O) groups is 1. The summed E-state index contributed by atoms with van der Waals surface area (Å²) in [7, 11) is 0. The number of ether oxygens (including phenoxy) is 1. The normalized spacial score (nSPS) is 12.2. The van der Waals surface area contributed by atoms with Crippen LogP contribution in [0.1, 0.15) is 18.9 Å². The lowest BCUT2D eigenvalue weighted by molar-refractivity contribution is -0.133. The van der Waals surface area contributed by atoms with Crippen LogP contribution in [0.4, 0.5) is 0 Å². The molecule has 1 aromatic rings. The van der Waals surface area contributed by atoms with E-state index in [0.717, 1.165) is 12.0 Å². The Labute approximate surface area is 92.4 Å². The Bertz CT molecular complexity index is 306. The number of hydrogen-bond donors (Lipinski definition) is 0. The SMILES string of the molecule is CC[C@@H](Br)C(=O)Oc1ccc(C)cc1. The number of hydrogen-bond acceptors (Lipinski definition) is 2.